The highest BCUT2D eigenvalue weighted by atomic mass is 16.5. The van der Waals surface area contributed by atoms with E-state index in [0.717, 1.165) is 43.2 Å². The Labute approximate surface area is 106 Å². The van der Waals surface area contributed by atoms with E-state index < -0.39 is 0 Å². The number of piperidine rings is 1. The van der Waals surface area contributed by atoms with Crippen molar-refractivity contribution in [1.82, 2.24) is 19.5 Å². The number of methoxy groups -OCH3 is 1. The quantitative estimate of drug-likeness (QED) is 0.806. The van der Waals surface area contributed by atoms with Crippen LogP contribution in [0.25, 0.3) is 5.65 Å². The lowest BCUT2D eigenvalue weighted by atomic mass is 9.96. The second-order valence-corrected chi connectivity index (χ2v) is 4.93. The highest BCUT2D eigenvalue weighted by molar-refractivity contribution is 5.44. The minimum atomic E-state index is 0.518. The Bertz CT molecular complexity index is 543. The molecule has 0 aromatic carbocycles. The van der Waals surface area contributed by atoms with Crippen LogP contribution in [-0.4, -0.2) is 46.7 Å². The van der Waals surface area contributed by atoms with Gasteiger partial charge in [0, 0.05) is 18.2 Å². The Balaban J connectivity index is 1.93. The van der Waals surface area contributed by atoms with Crippen LogP contribution in [0.3, 0.4) is 0 Å². The molecular formula is C13H18N4O. The Kier molecular flexibility index (Phi) is 2.91. The third-order valence-electron chi connectivity index (χ3n) is 3.73. The molecule has 2 aromatic rings. The van der Waals surface area contributed by atoms with Crippen molar-refractivity contribution >= 4 is 5.65 Å². The molecule has 5 heteroatoms. The summed E-state index contributed by atoms with van der Waals surface area (Å²) in [5.41, 5.74) is 0.864. The van der Waals surface area contributed by atoms with Crippen molar-refractivity contribution in [2.45, 2.75) is 18.8 Å². The summed E-state index contributed by atoms with van der Waals surface area (Å²) in [6, 6.07) is 3.88. The molecule has 0 radical (unpaired) electrons. The number of hydrogen-bond donors (Lipinski definition) is 0. The first-order valence-electron chi connectivity index (χ1n) is 6.35. The zero-order valence-corrected chi connectivity index (χ0v) is 10.8. The lowest BCUT2D eigenvalue weighted by molar-refractivity contribution is 0.250. The Morgan fingerprint density at radius 2 is 2.06 bits per heavy atom. The molecule has 1 fully saturated rings. The van der Waals surface area contributed by atoms with Gasteiger partial charge in [0.05, 0.1) is 7.11 Å². The normalized spacial score (nSPS) is 18.3. The highest BCUT2D eigenvalue weighted by Crippen LogP contribution is 2.27. The molecule has 1 saturated heterocycles. The van der Waals surface area contributed by atoms with Crippen molar-refractivity contribution < 1.29 is 4.74 Å². The maximum Gasteiger partial charge on any atom is 0.164 e. The van der Waals surface area contributed by atoms with Gasteiger partial charge in [-0.05, 0) is 39.0 Å². The highest BCUT2D eigenvalue weighted by Gasteiger charge is 2.22. The fourth-order valence-corrected chi connectivity index (χ4v) is 2.56. The van der Waals surface area contributed by atoms with Gasteiger partial charge in [-0.1, -0.05) is 0 Å². The first-order chi connectivity index (χ1) is 8.78. The van der Waals surface area contributed by atoms with Crippen molar-refractivity contribution in [3.8, 4) is 5.75 Å². The zero-order chi connectivity index (χ0) is 12.5. The SMILES string of the molecule is COc1ccn2c(C3CCN(C)CC3)nnc2c1. The molecule has 1 aliphatic heterocycles. The van der Waals surface area contributed by atoms with Crippen LogP contribution >= 0.6 is 0 Å². The van der Waals surface area contributed by atoms with Gasteiger partial charge < -0.3 is 9.64 Å². The van der Waals surface area contributed by atoms with Crippen LogP contribution in [0, 0.1) is 0 Å². The van der Waals surface area contributed by atoms with E-state index in [2.05, 4.69) is 26.5 Å². The third-order valence-corrected chi connectivity index (χ3v) is 3.73. The molecule has 3 rings (SSSR count). The second kappa shape index (κ2) is 4.57. The third kappa shape index (κ3) is 1.95. The molecule has 0 aliphatic carbocycles. The number of pyridine rings is 1. The molecule has 0 atom stereocenters. The molecule has 2 aromatic heterocycles. The number of rotatable bonds is 2. The Morgan fingerprint density at radius 1 is 1.28 bits per heavy atom. The average molecular weight is 246 g/mol. The van der Waals surface area contributed by atoms with Crippen molar-refractivity contribution in [3.05, 3.63) is 24.2 Å². The number of nitrogens with zero attached hydrogens (tertiary/aromatic N) is 4. The summed E-state index contributed by atoms with van der Waals surface area (Å²) in [5.74, 6) is 2.43. The van der Waals surface area contributed by atoms with E-state index in [1.54, 1.807) is 7.11 Å². The molecule has 0 saturated carbocycles. The largest absolute Gasteiger partial charge is 0.497 e. The van der Waals surface area contributed by atoms with Crippen LogP contribution in [0.4, 0.5) is 0 Å². The van der Waals surface area contributed by atoms with E-state index in [4.69, 9.17) is 4.74 Å². The topological polar surface area (TPSA) is 42.7 Å². The summed E-state index contributed by atoms with van der Waals surface area (Å²) in [6.07, 6.45) is 4.31. The number of aromatic nitrogens is 3. The summed E-state index contributed by atoms with van der Waals surface area (Å²) in [5, 5.41) is 8.60. The van der Waals surface area contributed by atoms with E-state index in [1.165, 1.54) is 0 Å². The van der Waals surface area contributed by atoms with Gasteiger partial charge >= 0.3 is 0 Å². The molecule has 0 N–H and O–H groups in total. The van der Waals surface area contributed by atoms with Crippen LogP contribution in [0.15, 0.2) is 18.3 Å². The minimum Gasteiger partial charge on any atom is -0.497 e. The molecule has 96 valence electrons. The van der Waals surface area contributed by atoms with E-state index >= 15 is 0 Å². The number of ether oxygens (including phenoxy) is 1. The monoisotopic (exact) mass is 246 g/mol. The molecule has 0 unspecified atom stereocenters. The number of hydrogen-bond acceptors (Lipinski definition) is 4. The molecule has 1 aliphatic rings. The van der Waals surface area contributed by atoms with Gasteiger partial charge in [0.25, 0.3) is 0 Å². The van der Waals surface area contributed by atoms with Crippen molar-refractivity contribution in [2.24, 2.45) is 0 Å². The molecule has 3 heterocycles. The lowest BCUT2D eigenvalue weighted by Gasteiger charge is -2.27. The number of fused-ring (bicyclic) bond motifs is 1. The van der Waals surface area contributed by atoms with Crippen molar-refractivity contribution in [2.75, 3.05) is 27.2 Å². The average Bonchev–Trinajstić information content (AvgIpc) is 2.82. The van der Waals surface area contributed by atoms with Gasteiger partial charge in [0.15, 0.2) is 5.65 Å². The molecule has 5 nitrogen and oxygen atoms in total. The minimum absolute atomic E-state index is 0.518. The van der Waals surface area contributed by atoms with Gasteiger partial charge in [-0.2, -0.15) is 0 Å². The predicted molar refractivity (Wildman–Crippen MR) is 69.0 cm³/mol. The second-order valence-electron chi connectivity index (χ2n) is 4.93. The summed E-state index contributed by atoms with van der Waals surface area (Å²) in [4.78, 5) is 2.36. The van der Waals surface area contributed by atoms with Crippen LogP contribution < -0.4 is 4.74 Å². The predicted octanol–water partition coefficient (Wildman–Crippen LogP) is 1.55. The summed E-state index contributed by atoms with van der Waals surface area (Å²) < 4.78 is 7.29. The van der Waals surface area contributed by atoms with Crippen LogP contribution in [0.1, 0.15) is 24.6 Å². The standard InChI is InChI=1S/C13H18N4O/c1-16-6-3-10(4-7-16)13-15-14-12-9-11(18-2)5-8-17(12)13/h5,8-10H,3-4,6-7H2,1-2H3. The van der Waals surface area contributed by atoms with Gasteiger partial charge in [0.1, 0.15) is 11.6 Å². The van der Waals surface area contributed by atoms with Gasteiger partial charge in [0.2, 0.25) is 0 Å². The van der Waals surface area contributed by atoms with Gasteiger partial charge in [-0.3, -0.25) is 4.40 Å². The smallest absolute Gasteiger partial charge is 0.164 e. The Morgan fingerprint density at radius 3 is 2.78 bits per heavy atom. The van der Waals surface area contributed by atoms with E-state index in [9.17, 15) is 0 Å². The van der Waals surface area contributed by atoms with Crippen molar-refractivity contribution in [1.29, 1.82) is 0 Å². The maximum atomic E-state index is 5.20. The van der Waals surface area contributed by atoms with E-state index in [0.29, 0.717) is 5.92 Å². The number of likely N-dealkylation sites (tertiary alicyclic amines) is 1. The van der Waals surface area contributed by atoms with E-state index in [1.807, 2.05) is 18.3 Å². The zero-order valence-electron chi connectivity index (χ0n) is 10.8. The van der Waals surface area contributed by atoms with Crippen molar-refractivity contribution in [3.63, 3.8) is 0 Å². The molecule has 0 bridgehead atoms. The Hall–Kier alpha value is -1.62. The molecular weight excluding hydrogens is 228 g/mol. The fraction of sp³-hybridized carbons (Fsp3) is 0.538. The maximum absolute atomic E-state index is 5.20. The van der Waals surface area contributed by atoms with Crippen LogP contribution in [0.2, 0.25) is 0 Å². The first-order valence-corrected chi connectivity index (χ1v) is 6.35. The molecule has 18 heavy (non-hydrogen) atoms. The van der Waals surface area contributed by atoms with Crippen LogP contribution in [0.5, 0.6) is 5.75 Å². The van der Waals surface area contributed by atoms with Gasteiger partial charge in [-0.25, -0.2) is 0 Å². The first kappa shape index (κ1) is 11.5. The summed E-state index contributed by atoms with van der Waals surface area (Å²) >= 11 is 0. The summed E-state index contributed by atoms with van der Waals surface area (Å²) in [7, 11) is 3.84. The van der Waals surface area contributed by atoms with E-state index in [-0.39, 0.29) is 0 Å². The fourth-order valence-electron chi connectivity index (χ4n) is 2.56. The van der Waals surface area contributed by atoms with Crippen LogP contribution in [-0.2, 0) is 0 Å². The molecule has 0 spiro atoms. The lowest BCUT2D eigenvalue weighted by Crippen LogP contribution is -2.29. The van der Waals surface area contributed by atoms with Gasteiger partial charge in [-0.15, -0.1) is 10.2 Å². The molecule has 0 amide bonds. The summed E-state index contributed by atoms with van der Waals surface area (Å²) in [6.45, 7) is 2.27.